The van der Waals surface area contributed by atoms with Gasteiger partial charge in [-0.2, -0.15) is 0 Å². The predicted octanol–water partition coefficient (Wildman–Crippen LogP) is -0.193. The molecule has 0 unspecified atom stereocenters. The van der Waals surface area contributed by atoms with Crippen molar-refractivity contribution in [2.45, 2.75) is 31.4 Å². The molecule has 0 aromatic heterocycles. The van der Waals surface area contributed by atoms with Crippen LogP contribution in [-0.4, -0.2) is 56.2 Å². The Morgan fingerprint density at radius 3 is 2.16 bits per heavy atom. The monoisotopic (exact) mass is 295 g/mol. The molecule has 0 fully saturated rings. The van der Waals surface area contributed by atoms with Crippen molar-refractivity contribution in [2.75, 3.05) is 26.0 Å². The summed E-state index contributed by atoms with van der Waals surface area (Å²) in [4.78, 5) is 22.7. The number of amides is 1. The summed E-state index contributed by atoms with van der Waals surface area (Å²) in [6.45, 7) is 3.41. The highest BCUT2D eigenvalue weighted by atomic mass is 32.2. The lowest BCUT2D eigenvalue weighted by molar-refractivity contribution is -0.140. The van der Waals surface area contributed by atoms with Crippen LogP contribution in [0.2, 0.25) is 0 Å². The van der Waals surface area contributed by atoms with Crippen molar-refractivity contribution in [2.24, 2.45) is 0 Å². The van der Waals surface area contributed by atoms with E-state index in [1.165, 1.54) is 21.0 Å². The van der Waals surface area contributed by atoms with Gasteiger partial charge in [0.05, 0.1) is 6.61 Å². The molecule has 0 bridgehead atoms. The number of carbonyl (C=O) groups excluding carboxylic acids is 1. The molecular weight excluding hydrogens is 274 g/mol. The molecule has 0 spiro atoms. The molecule has 112 valence electrons. The summed E-state index contributed by atoms with van der Waals surface area (Å²) in [7, 11) is -2.62. The van der Waals surface area contributed by atoms with Crippen LogP contribution in [0.5, 0.6) is 0 Å². The fourth-order valence-corrected chi connectivity index (χ4v) is 3.65. The smallest absolute Gasteiger partial charge is 0.325 e. The van der Waals surface area contributed by atoms with E-state index in [0.717, 1.165) is 0 Å². The van der Waals surface area contributed by atoms with Gasteiger partial charge in [0.2, 0.25) is 5.91 Å². The first-order valence-corrected chi connectivity index (χ1v) is 7.64. The van der Waals surface area contributed by atoms with Crippen LogP contribution in [0.1, 0.15) is 26.7 Å². The largest absolute Gasteiger partial charge is 0.480 e. The van der Waals surface area contributed by atoms with E-state index in [1.54, 1.807) is 0 Å². The van der Waals surface area contributed by atoms with E-state index < -0.39 is 32.2 Å². The molecule has 0 saturated carbocycles. The van der Waals surface area contributed by atoms with Gasteiger partial charge in [-0.15, -0.1) is 0 Å². The summed E-state index contributed by atoms with van der Waals surface area (Å²) < 4.78 is 27.1. The normalized spacial score (nSPS) is 12.2. The molecule has 0 saturated heterocycles. The minimum Gasteiger partial charge on any atom is -0.480 e. The minimum absolute atomic E-state index is 0.0769. The van der Waals surface area contributed by atoms with E-state index in [4.69, 9.17) is 9.84 Å². The summed E-state index contributed by atoms with van der Waals surface area (Å²) in [6, 6.07) is 0. The Balaban J connectivity index is 4.95. The SMILES string of the molecule is CCC(CC)(C(=O)O)S(=O)(=O)CC(=O)NCCOC. The first kappa shape index (κ1) is 17.8. The maximum Gasteiger partial charge on any atom is 0.325 e. The average Bonchev–Trinajstić information content (AvgIpc) is 2.29. The van der Waals surface area contributed by atoms with Gasteiger partial charge in [0.1, 0.15) is 5.75 Å². The fraction of sp³-hybridized carbons (Fsp3) is 0.818. The van der Waals surface area contributed by atoms with E-state index in [1.807, 2.05) is 0 Å². The molecule has 0 heterocycles. The van der Waals surface area contributed by atoms with E-state index in [0.29, 0.717) is 0 Å². The topological polar surface area (TPSA) is 110 Å². The highest BCUT2D eigenvalue weighted by Crippen LogP contribution is 2.27. The number of aliphatic carboxylic acids is 1. The van der Waals surface area contributed by atoms with Crippen LogP contribution in [0.15, 0.2) is 0 Å². The number of carboxylic acids is 1. The Kier molecular flexibility index (Phi) is 6.99. The van der Waals surface area contributed by atoms with Crippen LogP contribution in [-0.2, 0) is 24.2 Å². The second-order valence-electron chi connectivity index (χ2n) is 4.11. The Labute approximate surface area is 113 Å². The van der Waals surface area contributed by atoms with Gasteiger partial charge in [-0.05, 0) is 12.8 Å². The molecule has 7 nitrogen and oxygen atoms in total. The van der Waals surface area contributed by atoms with Gasteiger partial charge in [0, 0.05) is 13.7 Å². The molecule has 19 heavy (non-hydrogen) atoms. The highest BCUT2D eigenvalue weighted by Gasteiger charge is 2.48. The van der Waals surface area contributed by atoms with Crippen LogP contribution >= 0.6 is 0 Å². The van der Waals surface area contributed by atoms with Crippen molar-refractivity contribution in [3.8, 4) is 0 Å². The lowest BCUT2D eigenvalue weighted by atomic mass is 10.0. The lowest BCUT2D eigenvalue weighted by Crippen LogP contribution is -2.49. The summed E-state index contributed by atoms with van der Waals surface area (Å²) in [5, 5.41) is 11.5. The van der Waals surface area contributed by atoms with Gasteiger partial charge in [-0.3, -0.25) is 9.59 Å². The maximum atomic E-state index is 12.1. The van der Waals surface area contributed by atoms with Crippen molar-refractivity contribution in [3.05, 3.63) is 0 Å². The number of sulfone groups is 1. The zero-order valence-corrected chi connectivity index (χ0v) is 12.2. The molecule has 0 aliphatic carbocycles. The van der Waals surface area contributed by atoms with Gasteiger partial charge < -0.3 is 15.2 Å². The second kappa shape index (κ2) is 7.44. The summed E-state index contributed by atoms with van der Waals surface area (Å²) in [6.07, 6.45) is -0.154. The molecule has 0 aliphatic heterocycles. The fourth-order valence-electron chi connectivity index (χ4n) is 1.78. The Hall–Kier alpha value is -1.15. The van der Waals surface area contributed by atoms with Crippen LogP contribution < -0.4 is 5.32 Å². The van der Waals surface area contributed by atoms with Crippen LogP contribution in [0, 0.1) is 0 Å². The van der Waals surface area contributed by atoms with Crippen molar-refractivity contribution in [3.63, 3.8) is 0 Å². The van der Waals surface area contributed by atoms with Gasteiger partial charge >= 0.3 is 5.97 Å². The highest BCUT2D eigenvalue weighted by molar-refractivity contribution is 7.94. The maximum absolute atomic E-state index is 12.1. The van der Waals surface area contributed by atoms with E-state index in [2.05, 4.69) is 5.32 Å². The molecule has 0 aliphatic rings. The molecule has 0 atom stereocenters. The van der Waals surface area contributed by atoms with Crippen molar-refractivity contribution in [1.29, 1.82) is 0 Å². The Morgan fingerprint density at radius 2 is 1.79 bits per heavy atom. The summed E-state index contributed by atoms with van der Waals surface area (Å²) in [5.41, 5.74) is 0. The minimum atomic E-state index is -4.07. The summed E-state index contributed by atoms with van der Waals surface area (Å²) >= 11 is 0. The van der Waals surface area contributed by atoms with Crippen molar-refractivity contribution >= 4 is 21.7 Å². The lowest BCUT2D eigenvalue weighted by Gasteiger charge is -2.26. The number of methoxy groups -OCH3 is 1. The molecule has 1 amide bonds. The van der Waals surface area contributed by atoms with E-state index in [-0.39, 0.29) is 26.0 Å². The average molecular weight is 295 g/mol. The van der Waals surface area contributed by atoms with Gasteiger partial charge in [0.25, 0.3) is 0 Å². The van der Waals surface area contributed by atoms with Crippen molar-refractivity contribution in [1.82, 2.24) is 5.32 Å². The Bertz CT molecular complexity index is 413. The first-order valence-electron chi connectivity index (χ1n) is 5.98. The quantitative estimate of drug-likeness (QED) is 0.570. The molecule has 8 heteroatoms. The standard InChI is InChI=1S/C11H21NO6S/c1-4-11(5-2,10(14)15)19(16,17)8-9(13)12-6-7-18-3/h4-8H2,1-3H3,(H,12,13)(H,14,15). The predicted molar refractivity (Wildman–Crippen MR) is 69.6 cm³/mol. The molecule has 0 rings (SSSR count). The zero-order valence-electron chi connectivity index (χ0n) is 11.4. The van der Waals surface area contributed by atoms with Crippen LogP contribution in [0.4, 0.5) is 0 Å². The van der Waals surface area contributed by atoms with Crippen LogP contribution in [0.25, 0.3) is 0 Å². The first-order chi connectivity index (χ1) is 8.77. The van der Waals surface area contributed by atoms with Crippen LogP contribution in [0.3, 0.4) is 0 Å². The molecule has 0 radical (unpaired) electrons. The molecule has 2 N–H and O–H groups in total. The van der Waals surface area contributed by atoms with Gasteiger partial charge in [0.15, 0.2) is 14.6 Å². The number of rotatable bonds is 9. The molecular formula is C11H21NO6S. The Morgan fingerprint density at radius 1 is 1.26 bits per heavy atom. The van der Waals surface area contributed by atoms with Crippen molar-refractivity contribution < 1.29 is 27.9 Å². The molecule has 0 aromatic rings. The third-order valence-corrected chi connectivity index (χ3v) is 5.66. The summed E-state index contributed by atoms with van der Waals surface area (Å²) in [5.74, 6) is -2.96. The number of hydrogen-bond donors (Lipinski definition) is 2. The number of carbonyl (C=O) groups is 2. The second-order valence-corrected chi connectivity index (χ2v) is 6.41. The number of nitrogens with one attached hydrogen (secondary N) is 1. The zero-order chi connectivity index (χ0) is 15.1. The third-order valence-electron chi connectivity index (χ3n) is 3.08. The third kappa shape index (κ3) is 4.17. The van der Waals surface area contributed by atoms with Gasteiger partial charge in [-0.25, -0.2) is 8.42 Å². The van der Waals surface area contributed by atoms with E-state index in [9.17, 15) is 18.0 Å². The van der Waals surface area contributed by atoms with E-state index >= 15 is 0 Å². The molecule has 0 aromatic carbocycles. The number of ether oxygens (including phenoxy) is 1. The number of hydrogen-bond acceptors (Lipinski definition) is 5. The van der Waals surface area contributed by atoms with Gasteiger partial charge in [-0.1, -0.05) is 13.8 Å². The number of carboxylic acid groups (broad SMARTS) is 1.